The normalized spacial score (nSPS) is 35.1. The van der Waals surface area contributed by atoms with Crippen LogP contribution in [0.3, 0.4) is 0 Å². The van der Waals surface area contributed by atoms with Crippen molar-refractivity contribution in [2.24, 2.45) is 0 Å². The summed E-state index contributed by atoms with van der Waals surface area (Å²) in [5, 5.41) is 31.2. The fraction of sp³-hybridized carbons (Fsp3) is 0.600. The molecule has 24 heavy (non-hydrogen) atoms. The predicted octanol–water partition coefficient (Wildman–Crippen LogP) is 0.572. The molecule has 0 aliphatic carbocycles. The van der Waals surface area contributed by atoms with E-state index in [9.17, 15) is 20.3 Å². The highest BCUT2D eigenvalue weighted by molar-refractivity contribution is 5.36. The summed E-state index contributed by atoms with van der Waals surface area (Å²) in [7, 11) is 0. The van der Waals surface area contributed by atoms with Gasteiger partial charge in [0, 0.05) is 12.1 Å². The van der Waals surface area contributed by atoms with Crippen LogP contribution in [0.1, 0.15) is 13.8 Å². The molecule has 2 saturated heterocycles. The standard InChI is InChI=1S/C15H19NO8/c1-15(2)21-7-10-13(24-15)11(17)12(18)14(23-10)22-9-5-3-8(4-6-9)16(19)20/h3-6,10-14,17-18H,7H2,1-2H3/t10-,11?,12?,13+,14+/m1/s1. The van der Waals surface area contributed by atoms with Gasteiger partial charge in [-0.1, -0.05) is 0 Å². The third-order valence-electron chi connectivity index (χ3n) is 3.96. The molecule has 2 aliphatic heterocycles. The molecule has 0 spiro atoms. The van der Waals surface area contributed by atoms with Gasteiger partial charge >= 0.3 is 0 Å². The van der Waals surface area contributed by atoms with Crippen LogP contribution in [0.25, 0.3) is 0 Å². The van der Waals surface area contributed by atoms with Gasteiger partial charge in [-0.05, 0) is 26.0 Å². The number of ether oxygens (including phenoxy) is 4. The summed E-state index contributed by atoms with van der Waals surface area (Å²) >= 11 is 0. The summed E-state index contributed by atoms with van der Waals surface area (Å²) < 4.78 is 22.2. The van der Waals surface area contributed by atoms with Crippen molar-refractivity contribution < 1.29 is 34.1 Å². The number of nitro groups is 1. The Kier molecular flexibility index (Phi) is 4.45. The molecular weight excluding hydrogens is 322 g/mol. The first kappa shape index (κ1) is 17.1. The van der Waals surface area contributed by atoms with E-state index >= 15 is 0 Å². The van der Waals surface area contributed by atoms with Crippen molar-refractivity contribution in [2.45, 2.75) is 50.3 Å². The summed E-state index contributed by atoms with van der Waals surface area (Å²) in [5.41, 5.74) is -0.0797. The van der Waals surface area contributed by atoms with E-state index in [1.807, 2.05) is 0 Å². The number of nitro benzene ring substituents is 1. The number of benzene rings is 1. The zero-order valence-corrected chi connectivity index (χ0v) is 13.2. The highest BCUT2D eigenvalue weighted by atomic mass is 16.8. The van der Waals surface area contributed by atoms with Crippen LogP contribution in [0.2, 0.25) is 0 Å². The second-order valence-electron chi connectivity index (χ2n) is 6.19. The minimum Gasteiger partial charge on any atom is -0.462 e. The van der Waals surface area contributed by atoms with Gasteiger partial charge in [-0.2, -0.15) is 0 Å². The van der Waals surface area contributed by atoms with Crippen LogP contribution >= 0.6 is 0 Å². The molecule has 2 heterocycles. The minimum absolute atomic E-state index is 0.0797. The number of non-ortho nitro benzene ring substituents is 1. The summed E-state index contributed by atoms with van der Waals surface area (Å²) in [6, 6.07) is 5.34. The Morgan fingerprint density at radius 3 is 2.54 bits per heavy atom. The maximum atomic E-state index is 10.6. The van der Waals surface area contributed by atoms with Gasteiger partial charge in [-0.3, -0.25) is 10.1 Å². The number of fused-ring (bicyclic) bond motifs is 1. The molecule has 5 atom stereocenters. The van der Waals surface area contributed by atoms with Gasteiger partial charge in [0.05, 0.1) is 11.5 Å². The molecule has 0 bridgehead atoms. The highest BCUT2D eigenvalue weighted by Gasteiger charge is 2.51. The van der Waals surface area contributed by atoms with Gasteiger partial charge in [-0.15, -0.1) is 0 Å². The Morgan fingerprint density at radius 1 is 1.25 bits per heavy atom. The monoisotopic (exact) mass is 341 g/mol. The lowest BCUT2D eigenvalue weighted by Gasteiger charge is -2.48. The number of hydrogen-bond donors (Lipinski definition) is 2. The Hall–Kier alpha value is -1.78. The average molecular weight is 341 g/mol. The van der Waals surface area contributed by atoms with Crippen molar-refractivity contribution in [1.29, 1.82) is 0 Å². The largest absolute Gasteiger partial charge is 0.462 e. The van der Waals surface area contributed by atoms with Crippen molar-refractivity contribution in [2.75, 3.05) is 6.61 Å². The summed E-state index contributed by atoms with van der Waals surface area (Å²) in [6.45, 7) is 3.60. The molecule has 0 amide bonds. The first-order valence-corrected chi connectivity index (χ1v) is 7.51. The van der Waals surface area contributed by atoms with Crippen molar-refractivity contribution in [3.05, 3.63) is 34.4 Å². The molecule has 2 aliphatic rings. The second kappa shape index (κ2) is 6.26. The maximum Gasteiger partial charge on any atom is 0.269 e. The van der Waals surface area contributed by atoms with Gasteiger partial charge in [0.2, 0.25) is 6.29 Å². The van der Waals surface area contributed by atoms with E-state index < -0.39 is 41.4 Å². The molecule has 0 aromatic heterocycles. The van der Waals surface area contributed by atoms with Crippen molar-refractivity contribution >= 4 is 5.69 Å². The van der Waals surface area contributed by atoms with Crippen molar-refractivity contribution in [1.82, 2.24) is 0 Å². The zero-order chi connectivity index (χ0) is 17.5. The van der Waals surface area contributed by atoms with Crippen LogP contribution in [0.15, 0.2) is 24.3 Å². The third-order valence-corrected chi connectivity index (χ3v) is 3.96. The van der Waals surface area contributed by atoms with Gasteiger partial charge in [-0.25, -0.2) is 0 Å². The quantitative estimate of drug-likeness (QED) is 0.605. The molecule has 1 aromatic carbocycles. The third kappa shape index (κ3) is 3.35. The van der Waals surface area contributed by atoms with Crippen molar-refractivity contribution in [3.8, 4) is 5.75 Å². The molecule has 0 saturated carbocycles. The Bertz CT molecular complexity index is 602. The fourth-order valence-corrected chi connectivity index (χ4v) is 2.71. The molecule has 132 valence electrons. The van der Waals surface area contributed by atoms with E-state index in [1.165, 1.54) is 24.3 Å². The maximum absolute atomic E-state index is 10.6. The molecule has 2 N–H and O–H groups in total. The van der Waals surface area contributed by atoms with E-state index in [1.54, 1.807) is 13.8 Å². The van der Waals surface area contributed by atoms with E-state index in [4.69, 9.17) is 18.9 Å². The van der Waals surface area contributed by atoms with Crippen LogP contribution in [0, 0.1) is 10.1 Å². The molecule has 3 rings (SSSR count). The SMILES string of the molecule is CC1(C)OC[C@H]2O[C@H](Oc3ccc([N+](=O)[O-])cc3)C(O)C(O)[C@H]2O1. The smallest absolute Gasteiger partial charge is 0.269 e. The molecule has 2 unspecified atom stereocenters. The van der Waals surface area contributed by atoms with Gasteiger partial charge in [0.15, 0.2) is 5.79 Å². The molecular formula is C15H19NO8. The van der Waals surface area contributed by atoms with E-state index in [2.05, 4.69) is 0 Å². The number of rotatable bonds is 3. The van der Waals surface area contributed by atoms with Crippen LogP contribution < -0.4 is 4.74 Å². The molecule has 0 radical (unpaired) electrons. The molecule has 9 heteroatoms. The van der Waals surface area contributed by atoms with Crippen LogP contribution in [-0.4, -0.2) is 58.2 Å². The van der Waals surface area contributed by atoms with E-state index in [0.29, 0.717) is 0 Å². The van der Waals surface area contributed by atoms with E-state index in [0.717, 1.165) is 0 Å². The summed E-state index contributed by atoms with van der Waals surface area (Å²) in [5.74, 6) is -0.606. The first-order chi connectivity index (χ1) is 11.3. The molecule has 9 nitrogen and oxygen atoms in total. The Morgan fingerprint density at radius 2 is 1.92 bits per heavy atom. The van der Waals surface area contributed by atoms with Gasteiger partial charge in [0.25, 0.3) is 5.69 Å². The highest BCUT2D eigenvalue weighted by Crippen LogP contribution is 2.33. The lowest BCUT2D eigenvalue weighted by Crippen LogP contribution is -2.65. The molecule has 2 fully saturated rings. The van der Waals surface area contributed by atoms with Crippen LogP contribution in [0.4, 0.5) is 5.69 Å². The number of nitrogens with zero attached hydrogens (tertiary/aromatic N) is 1. The topological polar surface area (TPSA) is 121 Å². The first-order valence-electron chi connectivity index (χ1n) is 7.51. The van der Waals surface area contributed by atoms with Crippen LogP contribution in [-0.2, 0) is 14.2 Å². The fourth-order valence-electron chi connectivity index (χ4n) is 2.71. The number of aliphatic hydroxyl groups excluding tert-OH is 2. The van der Waals surface area contributed by atoms with Gasteiger partial charge in [0.1, 0.15) is 30.2 Å². The van der Waals surface area contributed by atoms with Gasteiger partial charge < -0.3 is 29.2 Å². The number of aliphatic hydroxyl groups is 2. The summed E-state index contributed by atoms with van der Waals surface area (Å²) in [6.07, 6.45) is -5.03. The lowest BCUT2D eigenvalue weighted by atomic mass is 9.97. The second-order valence-corrected chi connectivity index (χ2v) is 6.19. The van der Waals surface area contributed by atoms with Crippen molar-refractivity contribution in [3.63, 3.8) is 0 Å². The molecule has 1 aromatic rings. The predicted molar refractivity (Wildman–Crippen MR) is 79.3 cm³/mol. The van der Waals surface area contributed by atoms with E-state index in [-0.39, 0.29) is 18.0 Å². The van der Waals surface area contributed by atoms with Crippen LogP contribution in [0.5, 0.6) is 5.75 Å². The zero-order valence-electron chi connectivity index (χ0n) is 13.2. The Balaban J connectivity index is 1.70. The summed E-state index contributed by atoms with van der Waals surface area (Å²) in [4.78, 5) is 10.1. The number of hydrogen-bond acceptors (Lipinski definition) is 8. The average Bonchev–Trinajstić information content (AvgIpc) is 2.53. The lowest BCUT2D eigenvalue weighted by molar-refractivity contribution is -0.385. The minimum atomic E-state index is -1.34. The Labute approximate surface area is 137 Å².